The van der Waals surface area contributed by atoms with E-state index in [2.05, 4.69) is 14.8 Å². The maximum atomic E-state index is 13.1. The summed E-state index contributed by atoms with van der Waals surface area (Å²) in [6.45, 7) is 5.40. The molecule has 1 aromatic heterocycles. The quantitative estimate of drug-likeness (QED) is 0.542. The summed E-state index contributed by atoms with van der Waals surface area (Å²) < 4.78 is 21.7. The second-order valence-electron chi connectivity index (χ2n) is 8.68. The highest BCUT2D eigenvalue weighted by Gasteiger charge is 2.43. The van der Waals surface area contributed by atoms with Crippen molar-refractivity contribution in [3.05, 3.63) is 17.8 Å². The molecule has 0 aromatic carbocycles. The molecule has 1 aliphatic carbocycles. The largest absolute Gasteiger partial charge is 0.593 e. The van der Waals surface area contributed by atoms with Crippen molar-refractivity contribution < 1.29 is 19.5 Å². The fourth-order valence-electron chi connectivity index (χ4n) is 3.98. The van der Waals surface area contributed by atoms with Gasteiger partial charge in [-0.15, -0.1) is 4.72 Å². The monoisotopic (exact) mass is 467 g/mol. The van der Waals surface area contributed by atoms with E-state index < -0.39 is 17.0 Å². The molecule has 1 fully saturated rings. The van der Waals surface area contributed by atoms with Crippen LogP contribution in [0.15, 0.2) is 27.3 Å². The van der Waals surface area contributed by atoms with Crippen molar-refractivity contribution in [2.24, 2.45) is 10.1 Å². The number of rotatable bonds is 6. The zero-order chi connectivity index (χ0) is 22.3. The Morgan fingerprint density at radius 1 is 1.32 bits per heavy atom. The third-order valence-corrected chi connectivity index (χ3v) is 8.17. The number of aliphatic hydroxyl groups is 2. The molecule has 0 radical (unpaired) electrons. The van der Waals surface area contributed by atoms with E-state index in [9.17, 15) is 14.8 Å². The van der Waals surface area contributed by atoms with Crippen LogP contribution in [0, 0.1) is 0 Å². The van der Waals surface area contributed by atoms with Crippen LogP contribution in [0.3, 0.4) is 0 Å². The number of methoxy groups -OCH3 is 1. The van der Waals surface area contributed by atoms with Gasteiger partial charge in [-0.3, -0.25) is 4.99 Å². The number of aliphatic imine (C=N–C) groups is 1. The number of thioether (sulfide) groups is 1. The number of fused-ring (bicyclic) bond motifs is 1. The highest BCUT2D eigenvalue weighted by molar-refractivity contribution is 8.27. The van der Waals surface area contributed by atoms with E-state index in [0.29, 0.717) is 28.7 Å². The molecule has 3 aliphatic rings. The first kappa shape index (κ1) is 22.8. The molecular weight excluding hydrogens is 438 g/mol. The molecule has 11 heteroatoms. The van der Waals surface area contributed by atoms with E-state index in [1.54, 1.807) is 20.0 Å². The van der Waals surface area contributed by atoms with Crippen LogP contribution in [0.4, 0.5) is 0 Å². The molecule has 3 heterocycles. The van der Waals surface area contributed by atoms with Crippen molar-refractivity contribution in [3.8, 4) is 5.88 Å². The molecule has 0 amide bonds. The van der Waals surface area contributed by atoms with E-state index in [4.69, 9.17) is 9.73 Å². The molecular formula is C20H29N5O4S2. The number of aromatic nitrogens is 1. The number of pyridine rings is 1. The summed E-state index contributed by atoms with van der Waals surface area (Å²) in [7, 11) is 1.51. The predicted octanol–water partition coefficient (Wildman–Crippen LogP) is 1.94. The second-order valence-corrected chi connectivity index (χ2v) is 10.8. The summed E-state index contributed by atoms with van der Waals surface area (Å²) in [5, 5.41) is 27.8. The Morgan fingerprint density at radius 3 is 2.68 bits per heavy atom. The number of hydrazone groups is 1. The molecule has 31 heavy (non-hydrogen) atoms. The predicted molar refractivity (Wildman–Crippen MR) is 121 cm³/mol. The van der Waals surface area contributed by atoms with Gasteiger partial charge in [0, 0.05) is 17.8 Å². The minimum atomic E-state index is -1.51. The van der Waals surface area contributed by atoms with E-state index in [1.807, 2.05) is 18.0 Å². The molecule has 0 saturated heterocycles. The normalized spacial score (nSPS) is 29.5. The number of amidine groups is 1. The van der Waals surface area contributed by atoms with Crippen LogP contribution in [-0.4, -0.2) is 65.9 Å². The average Bonchev–Trinajstić information content (AvgIpc) is 3.26. The lowest BCUT2D eigenvalue weighted by molar-refractivity contribution is 0.120. The van der Waals surface area contributed by atoms with Gasteiger partial charge in [0.1, 0.15) is 16.7 Å². The number of ether oxygens (including phenoxy) is 1. The van der Waals surface area contributed by atoms with E-state index in [1.165, 1.54) is 18.9 Å². The average molecular weight is 468 g/mol. The zero-order valence-corrected chi connectivity index (χ0v) is 19.7. The first-order valence-electron chi connectivity index (χ1n) is 10.4. The molecule has 3 atom stereocenters. The minimum Gasteiger partial charge on any atom is -0.593 e. The molecule has 0 bridgehead atoms. The van der Waals surface area contributed by atoms with Crippen LogP contribution < -0.4 is 9.46 Å². The first-order chi connectivity index (χ1) is 14.7. The number of nitrogens with one attached hydrogen (secondary N) is 1. The van der Waals surface area contributed by atoms with Crippen molar-refractivity contribution in [1.29, 1.82) is 0 Å². The lowest BCUT2D eigenvalue weighted by Gasteiger charge is -2.27. The van der Waals surface area contributed by atoms with Crippen LogP contribution in [0.5, 0.6) is 5.88 Å². The van der Waals surface area contributed by atoms with Gasteiger partial charge < -0.3 is 19.5 Å². The summed E-state index contributed by atoms with van der Waals surface area (Å²) in [5.41, 5.74) is -0.217. The van der Waals surface area contributed by atoms with Gasteiger partial charge in [-0.25, -0.2) is 9.99 Å². The second kappa shape index (κ2) is 8.87. The number of hydrogen-bond donors (Lipinski definition) is 3. The third kappa shape index (κ3) is 4.71. The van der Waals surface area contributed by atoms with Crippen molar-refractivity contribution >= 4 is 33.3 Å². The molecule has 3 unspecified atom stereocenters. The molecule has 1 saturated carbocycles. The van der Waals surface area contributed by atoms with Crippen molar-refractivity contribution in [2.45, 2.75) is 81.2 Å². The lowest BCUT2D eigenvalue weighted by Crippen LogP contribution is -2.38. The fraction of sp³-hybridized carbons (Fsp3) is 0.650. The molecule has 3 N–H and O–H groups in total. The van der Waals surface area contributed by atoms with Gasteiger partial charge in [0.25, 0.3) is 5.88 Å². The van der Waals surface area contributed by atoms with Crippen LogP contribution in [-0.2, 0) is 11.4 Å². The summed E-state index contributed by atoms with van der Waals surface area (Å²) in [6, 6.07) is 1.64. The van der Waals surface area contributed by atoms with Gasteiger partial charge in [0.2, 0.25) is 4.90 Å². The molecule has 4 rings (SSSR count). The Bertz CT molecular complexity index is 883. The van der Waals surface area contributed by atoms with Crippen LogP contribution in [0.2, 0.25) is 0 Å². The third-order valence-electron chi connectivity index (χ3n) is 5.68. The standard InChI is InChI=1S/C20H29N5O4S2/c1-11-16(25-19(22-11)30-18(23-25)20(2,3)27)12-9-15(17(29-4)21-10-12)31(28)24-13-5-7-14(26)8-6-13/h9-11,13-14,16,24,26-27H,5-8H2,1-4H3/t11?,13-,14-,16?,31?. The summed E-state index contributed by atoms with van der Waals surface area (Å²) >= 11 is -0.139. The Balaban J connectivity index is 1.58. The maximum Gasteiger partial charge on any atom is 0.272 e. The molecule has 9 nitrogen and oxygen atoms in total. The number of aliphatic hydroxyl groups excluding tert-OH is 1. The number of nitrogens with zero attached hydrogens (tertiary/aromatic N) is 4. The van der Waals surface area contributed by atoms with Crippen LogP contribution >= 0.6 is 11.8 Å². The van der Waals surface area contributed by atoms with Crippen molar-refractivity contribution in [3.63, 3.8) is 0 Å². The molecule has 170 valence electrons. The lowest BCUT2D eigenvalue weighted by atomic mass is 9.94. The zero-order valence-electron chi connectivity index (χ0n) is 18.1. The Labute approximate surface area is 189 Å². The summed E-state index contributed by atoms with van der Waals surface area (Å²) in [4.78, 5) is 9.58. The maximum absolute atomic E-state index is 13.1. The molecule has 2 aliphatic heterocycles. The smallest absolute Gasteiger partial charge is 0.272 e. The van der Waals surface area contributed by atoms with Gasteiger partial charge >= 0.3 is 0 Å². The van der Waals surface area contributed by atoms with E-state index in [0.717, 1.165) is 23.6 Å². The van der Waals surface area contributed by atoms with Crippen molar-refractivity contribution in [1.82, 2.24) is 14.7 Å². The highest BCUT2D eigenvalue weighted by atomic mass is 32.2. The van der Waals surface area contributed by atoms with Gasteiger partial charge in [-0.05, 0) is 58.2 Å². The number of hydrogen-bond acceptors (Lipinski definition) is 10. The van der Waals surface area contributed by atoms with Gasteiger partial charge in [0.15, 0.2) is 5.17 Å². The Morgan fingerprint density at radius 2 is 2.03 bits per heavy atom. The van der Waals surface area contributed by atoms with Crippen LogP contribution in [0.25, 0.3) is 0 Å². The van der Waals surface area contributed by atoms with E-state index >= 15 is 0 Å². The molecule has 1 aromatic rings. The highest BCUT2D eigenvalue weighted by Crippen LogP contribution is 2.42. The first-order valence-corrected chi connectivity index (χ1v) is 12.4. The topological polar surface area (TPSA) is 126 Å². The van der Waals surface area contributed by atoms with Gasteiger partial charge in [-0.1, -0.05) is 0 Å². The summed E-state index contributed by atoms with van der Waals surface area (Å²) in [5.74, 6) is 0.314. The fourth-order valence-corrected chi connectivity index (χ4v) is 6.20. The van der Waals surface area contributed by atoms with Gasteiger partial charge in [0.05, 0.1) is 36.7 Å². The molecule has 0 spiro atoms. The Kier molecular flexibility index (Phi) is 6.53. The SMILES string of the molecule is COc1ncc(C2C(C)N=C3SC(C(C)(C)O)=NN32)cc1[S+]([O-])N[C@H]1CC[C@H](O)CC1. The van der Waals surface area contributed by atoms with Gasteiger partial charge in [-0.2, -0.15) is 5.10 Å². The minimum absolute atomic E-state index is 0.0705. The van der Waals surface area contributed by atoms with Crippen molar-refractivity contribution in [2.75, 3.05) is 7.11 Å². The summed E-state index contributed by atoms with van der Waals surface area (Å²) in [6.07, 6.45) is 4.41. The Hall–Kier alpha value is -1.37. The van der Waals surface area contributed by atoms with E-state index in [-0.39, 0.29) is 24.2 Å². The van der Waals surface area contributed by atoms with Crippen LogP contribution in [0.1, 0.15) is 58.1 Å².